The molecule has 0 aliphatic heterocycles. The molecule has 2 nitrogen and oxygen atoms in total. The van der Waals surface area contributed by atoms with Crippen molar-refractivity contribution in [3.63, 3.8) is 0 Å². The molecule has 70 valence electrons. The number of hydrogen-bond donors (Lipinski definition) is 0. The van der Waals surface area contributed by atoms with Gasteiger partial charge >= 0.3 is 0 Å². The van der Waals surface area contributed by atoms with E-state index in [1.807, 2.05) is 6.07 Å². The molecule has 0 bridgehead atoms. The first-order valence-corrected chi connectivity index (χ1v) is 4.91. The highest BCUT2D eigenvalue weighted by atomic mass is 16.3. The van der Waals surface area contributed by atoms with Crippen molar-refractivity contribution in [1.29, 1.82) is 0 Å². The average Bonchev–Trinajstić information content (AvgIpc) is 2.76. The standard InChI is InChI=1S/C11H14O2/c12-8-11-10(5-6-13-11)7-9-3-1-2-4-9/h5-6,8-9H,1-4,7H2. The molecule has 1 fully saturated rings. The normalized spacial score (nSPS) is 17.8. The predicted molar refractivity (Wildman–Crippen MR) is 49.8 cm³/mol. The number of furan rings is 1. The van der Waals surface area contributed by atoms with Gasteiger partial charge < -0.3 is 4.42 Å². The lowest BCUT2D eigenvalue weighted by Gasteiger charge is -2.06. The van der Waals surface area contributed by atoms with Gasteiger partial charge in [0.15, 0.2) is 12.0 Å². The number of rotatable bonds is 3. The SMILES string of the molecule is O=Cc1occc1CC1CCCC1. The van der Waals surface area contributed by atoms with Crippen molar-refractivity contribution >= 4 is 6.29 Å². The van der Waals surface area contributed by atoms with Crippen LogP contribution >= 0.6 is 0 Å². The minimum absolute atomic E-state index is 0.520. The summed E-state index contributed by atoms with van der Waals surface area (Å²) in [7, 11) is 0. The van der Waals surface area contributed by atoms with Gasteiger partial charge in [0, 0.05) is 5.56 Å². The molecule has 2 heteroatoms. The van der Waals surface area contributed by atoms with E-state index in [0.29, 0.717) is 5.76 Å². The Morgan fingerprint density at radius 1 is 1.46 bits per heavy atom. The van der Waals surface area contributed by atoms with Crippen LogP contribution in [0.25, 0.3) is 0 Å². The summed E-state index contributed by atoms with van der Waals surface area (Å²) in [5.74, 6) is 1.29. The van der Waals surface area contributed by atoms with Gasteiger partial charge in [0.25, 0.3) is 0 Å². The molecule has 0 N–H and O–H groups in total. The predicted octanol–water partition coefficient (Wildman–Crippen LogP) is 2.82. The van der Waals surface area contributed by atoms with E-state index in [4.69, 9.17) is 4.42 Å². The molecule has 0 radical (unpaired) electrons. The molecule has 1 saturated carbocycles. The van der Waals surface area contributed by atoms with Crippen LogP contribution in [0.2, 0.25) is 0 Å². The first-order chi connectivity index (χ1) is 6.40. The van der Waals surface area contributed by atoms with Crippen LogP contribution in [-0.4, -0.2) is 6.29 Å². The highest BCUT2D eigenvalue weighted by molar-refractivity contribution is 5.72. The van der Waals surface area contributed by atoms with Crippen LogP contribution in [0.5, 0.6) is 0 Å². The third-order valence-electron chi connectivity index (χ3n) is 2.87. The van der Waals surface area contributed by atoms with Gasteiger partial charge in [-0.3, -0.25) is 4.79 Å². The summed E-state index contributed by atoms with van der Waals surface area (Å²) in [6.45, 7) is 0. The van der Waals surface area contributed by atoms with Crippen LogP contribution in [0.3, 0.4) is 0 Å². The first kappa shape index (κ1) is 8.54. The maximum atomic E-state index is 10.6. The fourth-order valence-corrected chi connectivity index (χ4v) is 2.14. The first-order valence-electron chi connectivity index (χ1n) is 4.91. The Morgan fingerprint density at radius 2 is 2.23 bits per heavy atom. The van der Waals surface area contributed by atoms with Gasteiger partial charge in [0.1, 0.15) is 0 Å². The van der Waals surface area contributed by atoms with Crippen LogP contribution in [0, 0.1) is 5.92 Å². The van der Waals surface area contributed by atoms with Crippen molar-refractivity contribution in [1.82, 2.24) is 0 Å². The molecule has 1 aromatic rings. The number of aldehydes is 1. The van der Waals surface area contributed by atoms with E-state index in [1.165, 1.54) is 25.7 Å². The van der Waals surface area contributed by atoms with Crippen LogP contribution in [-0.2, 0) is 6.42 Å². The largest absolute Gasteiger partial charge is 0.461 e. The van der Waals surface area contributed by atoms with Gasteiger partial charge in [-0.05, 0) is 18.4 Å². The van der Waals surface area contributed by atoms with Crippen molar-refractivity contribution in [3.8, 4) is 0 Å². The molecular weight excluding hydrogens is 164 g/mol. The summed E-state index contributed by atoms with van der Waals surface area (Å²) in [5, 5.41) is 0. The fourth-order valence-electron chi connectivity index (χ4n) is 2.14. The second kappa shape index (κ2) is 3.77. The summed E-state index contributed by atoms with van der Waals surface area (Å²) in [6.07, 6.45) is 8.74. The van der Waals surface area contributed by atoms with Gasteiger partial charge in [-0.1, -0.05) is 25.7 Å². The zero-order chi connectivity index (χ0) is 9.10. The monoisotopic (exact) mass is 178 g/mol. The lowest BCUT2D eigenvalue weighted by Crippen LogP contribution is -1.99. The third-order valence-corrected chi connectivity index (χ3v) is 2.87. The van der Waals surface area contributed by atoms with Crippen molar-refractivity contribution < 1.29 is 9.21 Å². The van der Waals surface area contributed by atoms with E-state index in [2.05, 4.69) is 0 Å². The van der Waals surface area contributed by atoms with Crippen LogP contribution < -0.4 is 0 Å². The number of carbonyl (C=O) groups excluding carboxylic acids is 1. The summed E-state index contributed by atoms with van der Waals surface area (Å²) in [6, 6.07) is 1.92. The summed E-state index contributed by atoms with van der Waals surface area (Å²) in [5.41, 5.74) is 1.09. The third kappa shape index (κ3) is 1.82. The van der Waals surface area contributed by atoms with Crippen molar-refractivity contribution in [3.05, 3.63) is 23.7 Å². The fraction of sp³-hybridized carbons (Fsp3) is 0.545. The number of carbonyl (C=O) groups is 1. The highest BCUT2D eigenvalue weighted by Crippen LogP contribution is 2.28. The molecule has 1 heterocycles. The van der Waals surface area contributed by atoms with E-state index in [9.17, 15) is 4.79 Å². The van der Waals surface area contributed by atoms with Crippen molar-refractivity contribution in [2.75, 3.05) is 0 Å². The van der Waals surface area contributed by atoms with Gasteiger partial charge in [0.05, 0.1) is 6.26 Å². The van der Waals surface area contributed by atoms with Crippen molar-refractivity contribution in [2.24, 2.45) is 5.92 Å². The van der Waals surface area contributed by atoms with Gasteiger partial charge in [0.2, 0.25) is 0 Å². The topological polar surface area (TPSA) is 30.2 Å². The minimum atomic E-state index is 0.520. The van der Waals surface area contributed by atoms with Gasteiger partial charge in [-0.2, -0.15) is 0 Å². The molecule has 1 aliphatic rings. The molecule has 0 aromatic carbocycles. The minimum Gasteiger partial charge on any atom is -0.461 e. The Labute approximate surface area is 77.9 Å². The Bertz CT molecular complexity index is 282. The molecule has 2 rings (SSSR count). The zero-order valence-corrected chi connectivity index (χ0v) is 7.66. The smallest absolute Gasteiger partial charge is 0.185 e. The number of hydrogen-bond acceptors (Lipinski definition) is 2. The summed E-state index contributed by atoms with van der Waals surface area (Å²) >= 11 is 0. The second-order valence-electron chi connectivity index (χ2n) is 3.78. The van der Waals surface area contributed by atoms with E-state index in [1.54, 1.807) is 6.26 Å². The maximum Gasteiger partial charge on any atom is 0.185 e. The van der Waals surface area contributed by atoms with E-state index >= 15 is 0 Å². The van der Waals surface area contributed by atoms with Crippen LogP contribution in [0.15, 0.2) is 16.7 Å². The Balaban J connectivity index is 2.03. The van der Waals surface area contributed by atoms with Crippen LogP contribution in [0.4, 0.5) is 0 Å². The van der Waals surface area contributed by atoms with E-state index in [-0.39, 0.29) is 0 Å². The van der Waals surface area contributed by atoms with Gasteiger partial charge in [-0.15, -0.1) is 0 Å². The molecule has 13 heavy (non-hydrogen) atoms. The Hall–Kier alpha value is -1.05. The molecule has 0 unspecified atom stereocenters. The molecule has 0 atom stereocenters. The summed E-state index contributed by atoms with van der Waals surface area (Å²) in [4.78, 5) is 10.6. The summed E-state index contributed by atoms with van der Waals surface area (Å²) < 4.78 is 5.06. The molecule has 0 spiro atoms. The van der Waals surface area contributed by atoms with E-state index < -0.39 is 0 Å². The second-order valence-corrected chi connectivity index (χ2v) is 3.78. The Kier molecular flexibility index (Phi) is 2.48. The van der Waals surface area contributed by atoms with Crippen LogP contribution in [0.1, 0.15) is 41.8 Å². The molecular formula is C11H14O2. The quantitative estimate of drug-likeness (QED) is 0.666. The Morgan fingerprint density at radius 3 is 2.92 bits per heavy atom. The van der Waals surface area contributed by atoms with Crippen molar-refractivity contribution in [2.45, 2.75) is 32.1 Å². The molecule has 1 aromatic heterocycles. The van der Waals surface area contributed by atoms with E-state index in [0.717, 1.165) is 24.2 Å². The molecule has 1 aliphatic carbocycles. The molecule has 0 saturated heterocycles. The molecule has 0 amide bonds. The zero-order valence-electron chi connectivity index (χ0n) is 7.66. The maximum absolute atomic E-state index is 10.6. The lowest BCUT2D eigenvalue weighted by atomic mass is 9.98. The average molecular weight is 178 g/mol. The highest BCUT2D eigenvalue weighted by Gasteiger charge is 2.17. The lowest BCUT2D eigenvalue weighted by molar-refractivity contribution is 0.109. The van der Waals surface area contributed by atoms with Gasteiger partial charge in [-0.25, -0.2) is 0 Å².